The minimum Gasteiger partial charge on any atom is -0.378 e. The van der Waals surface area contributed by atoms with Gasteiger partial charge in [0.15, 0.2) is 0 Å². The van der Waals surface area contributed by atoms with Gasteiger partial charge in [-0.3, -0.25) is 4.79 Å². The molecule has 4 heteroatoms. The zero-order chi connectivity index (χ0) is 12.7. The van der Waals surface area contributed by atoms with Crippen LogP contribution in [0.25, 0.3) is 0 Å². The van der Waals surface area contributed by atoms with Gasteiger partial charge in [0.1, 0.15) is 0 Å². The first-order valence-corrected chi connectivity index (χ1v) is 7.70. The molecule has 0 spiro atoms. The van der Waals surface area contributed by atoms with Gasteiger partial charge in [0.25, 0.3) is 0 Å². The Kier molecular flexibility index (Phi) is 6.49. The van der Waals surface area contributed by atoms with Gasteiger partial charge in [-0.25, -0.2) is 0 Å². The van der Waals surface area contributed by atoms with E-state index < -0.39 is 0 Å². The summed E-state index contributed by atoms with van der Waals surface area (Å²) in [6, 6.07) is 0. The lowest BCUT2D eigenvalue weighted by atomic mass is 9.95. The largest absolute Gasteiger partial charge is 0.378 e. The van der Waals surface area contributed by atoms with Crippen LogP contribution in [-0.4, -0.2) is 29.5 Å². The van der Waals surface area contributed by atoms with Gasteiger partial charge in [0.05, 0.1) is 6.10 Å². The maximum atomic E-state index is 11.9. The van der Waals surface area contributed by atoms with Crippen molar-refractivity contribution in [3.63, 3.8) is 0 Å². The maximum absolute atomic E-state index is 11.9. The van der Waals surface area contributed by atoms with Crippen molar-refractivity contribution in [2.75, 3.05) is 11.9 Å². The topological polar surface area (TPSA) is 38.3 Å². The Morgan fingerprint density at radius 2 is 2.35 bits per heavy atom. The van der Waals surface area contributed by atoms with Crippen LogP contribution in [0.15, 0.2) is 0 Å². The minimum absolute atomic E-state index is 0.0723. The molecule has 1 heterocycles. The van der Waals surface area contributed by atoms with Crippen LogP contribution in [0.4, 0.5) is 0 Å². The van der Waals surface area contributed by atoms with Crippen LogP contribution in [0.3, 0.4) is 0 Å². The Balaban J connectivity index is 2.26. The summed E-state index contributed by atoms with van der Waals surface area (Å²) in [5.74, 6) is 0.158. The summed E-state index contributed by atoms with van der Waals surface area (Å²) in [5.41, 5.74) is -0.0723. The molecule has 1 amide bonds. The Bertz CT molecular complexity index is 242. The van der Waals surface area contributed by atoms with Gasteiger partial charge in [-0.05, 0) is 39.0 Å². The Morgan fingerprint density at radius 1 is 1.59 bits per heavy atom. The highest BCUT2D eigenvalue weighted by atomic mass is 79.9. The Labute approximate surface area is 113 Å². The number of ether oxygens (including phenoxy) is 1. The fraction of sp³-hybridized carbons (Fsp3) is 0.923. The molecule has 17 heavy (non-hydrogen) atoms. The van der Waals surface area contributed by atoms with E-state index in [4.69, 9.17) is 4.74 Å². The standard InChI is InChI=1S/C13H24BrNO2/c1-3-13(2,8-9-14)15-12(16)7-6-11-5-4-10-17-11/h11H,3-10H2,1-2H3,(H,15,16). The average molecular weight is 306 g/mol. The third kappa shape index (κ3) is 5.38. The number of halogens is 1. The Hall–Kier alpha value is -0.0900. The van der Waals surface area contributed by atoms with E-state index in [1.165, 1.54) is 0 Å². The van der Waals surface area contributed by atoms with Crippen molar-refractivity contribution in [2.45, 2.75) is 64.0 Å². The van der Waals surface area contributed by atoms with Gasteiger partial charge in [-0.1, -0.05) is 22.9 Å². The molecular weight excluding hydrogens is 282 g/mol. The van der Waals surface area contributed by atoms with Gasteiger partial charge in [0, 0.05) is 23.9 Å². The molecule has 0 aliphatic carbocycles. The molecule has 1 rings (SSSR count). The fourth-order valence-corrected chi connectivity index (χ4v) is 2.97. The van der Waals surface area contributed by atoms with Crippen molar-refractivity contribution >= 4 is 21.8 Å². The van der Waals surface area contributed by atoms with Crippen LogP contribution < -0.4 is 5.32 Å². The highest BCUT2D eigenvalue weighted by Gasteiger charge is 2.24. The molecule has 3 nitrogen and oxygen atoms in total. The molecule has 1 aliphatic rings. The number of nitrogens with one attached hydrogen (secondary N) is 1. The van der Waals surface area contributed by atoms with E-state index >= 15 is 0 Å². The van der Waals surface area contributed by atoms with Crippen LogP contribution in [0.5, 0.6) is 0 Å². The Morgan fingerprint density at radius 3 is 2.88 bits per heavy atom. The molecule has 0 aromatic heterocycles. The van der Waals surface area contributed by atoms with Crippen molar-refractivity contribution in [2.24, 2.45) is 0 Å². The first-order valence-electron chi connectivity index (χ1n) is 6.58. The average Bonchev–Trinajstić information content (AvgIpc) is 2.79. The molecule has 100 valence electrons. The first-order chi connectivity index (χ1) is 8.09. The molecule has 1 aliphatic heterocycles. The lowest BCUT2D eigenvalue weighted by Crippen LogP contribution is -2.45. The van der Waals surface area contributed by atoms with Crippen LogP contribution in [-0.2, 0) is 9.53 Å². The van der Waals surface area contributed by atoms with Crippen molar-refractivity contribution in [1.82, 2.24) is 5.32 Å². The van der Waals surface area contributed by atoms with Crippen LogP contribution in [0.2, 0.25) is 0 Å². The van der Waals surface area contributed by atoms with Crippen molar-refractivity contribution in [1.29, 1.82) is 0 Å². The number of hydrogen-bond acceptors (Lipinski definition) is 2. The van der Waals surface area contributed by atoms with E-state index in [1.54, 1.807) is 0 Å². The molecule has 0 saturated carbocycles. The highest BCUT2D eigenvalue weighted by molar-refractivity contribution is 9.09. The number of hydrogen-bond donors (Lipinski definition) is 1. The summed E-state index contributed by atoms with van der Waals surface area (Å²) in [6.45, 7) is 5.09. The molecule has 1 fully saturated rings. The second-order valence-electron chi connectivity index (χ2n) is 5.08. The zero-order valence-corrected chi connectivity index (χ0v) is 12.5. The van der Waals surface area contributed by atoms with Crippen molar-refractivity contribution in [3.8, 4) is 0 Å². The normalized spacial score (nSPS) is 23.4. The van der Waals surface area contributed by atoms with Crippen molar-refractivity contribution < 1.29 is 9.53 Å². The number of rotatable bonds is 7. The summed E-state index contributed by atoms with van der Waals surface area (Å²) in [4.78, 5) is 11.9. The lowest BCUT2D eigenvalue weighted by Gasteiger charge is -2.29. The van der Waals surface area contributed by atoms with Gasteiger partial charge in [-0.2, -0.15) is 0 Å². The monoisotopic (exact) mass is 305 g/mol. The molecule has 0 aromatic carbocycles. The van der Waals surface area contributed by atoms with Gasteiger partial charge in [0.2, 0.25) is 5.91 Å². The first kappa shape index (κ1) is 15.0. The number of carbonyl (C=O) groups excluding carboxylic acids is 1. The molecule has 2 atom stereocenters. The molecule has 0 bridgehead atoms. The van der Waals surface area contributed by atoms with Crippen molar-refractivity contribution in [3.05, 3.63) is 0 Å². The molecule has 2 unspecified atom stereocenters. The quantitative estimate of drug-likeness (QED) is 0.734. The molecule has 1 N–H and O–H groups in total. The van der Waals surface area contributed by atoms with E-state index in [0.717, 1.165) is 44.0 Å². The predicted molar refractivity (Wildman–Crippen MR) is 73.5 cm³/mol. The summed E-state index contributed by atoms with van der Waals surface area (Å²) < 4.78 is 5.52. The molecular formula is C13H24BrNO2. The second-order valence-corrected chi connectivity index (χ2v) is 5.87. The third-order valence-corrected chi connectivity index (χ3v) is 3.98. The second kappa shape index (κ2) is 7.37. The van der Waals surface area contributed by atoms with E-state index in [1.807, 2.05) is 0 Å². The number of amides is 1. The number of alkyl halides is 1. The third-order valence-electron chi connectivity index (χ3n) is 3.59. The van der Waals surface area contributed by atoms with E-state index in [-0.39, 0.29) is 11.4 Å². The van der Waals surface area contributed by atoms with E-state index in [0.29, 0.717) is 12.5 Å². The molecule has 0 aromatic rings. The summed E-state index contributed by atoms with van der Waals surface area (Å²) in [5, 5.41) is 4.06. The predicted octanol–water partition coefficient (Wildman–Crippen LogP) is 3.02. The van der Waals surface area contributed by atoms with E-state index in [9.17, 15) is 4.79 Å². The zero-order valence-electron chi connectivity index (χ0n) is 10.9. The summed E-state index contributed by atoms with van der Waals surface area (Å²) >= 11 is 3.44. The summed E-state index contributed by atoms with van der Waals surface area (Å²) in [7, 11) is 0. The van der Waals surface area contributed by atoms with Crippen LogP contribution in [0, 0.1) is 0 Å². The highest BCUT2D eigenvalue weighted by Crippen LogP contribution is 2.19. The SMILES string of the molecule is CCC(C)(CCBr)NC(=O)CCC1CCCO1. The number of carbonyl (C=O) groups is 1. The van der Waals surface area contributed by atoms with Gasteiger partial charge < -0.3 is 10.1 Å². The van der Waals surface area contributed by atoms with Crippen LogP contribution in [0.1, 0.15) is 52.4 Å². The maximum Gasteiger partial charge on any atom is 0.220 e. The van der Waals surface area contributed by atoms with Gasteiger partial charge in [-0.15, -0.1) is 0 Å². The molecule has 0 radical (unpaired) electrons. The van der Waals surface area contributed by atoms with Gasteiger partial charge >= 0.3 is 0 Å². The lowest BCUT2D eigenvalue weighted by molar-refractivity contribution is -0.123. The smallest absolute Gasteiger partial charge is 0.220 e. The minimum atomic E-state index is -0.0723. The summed E-state index contributed by atoms with van der Waals surface area (Å²) in [6.07, 6.45) is 5.94. The fourth-order valence-electron chi connectivity index (χ4n) is 2.10. The van der Waals surface area contributed by atoms with Crippen LogP contribution >= 0.6 is 15.9 Å². The molecule has 1 saturated heterocycles. The van der Waals surface area contributed by atoms with E-state index in [2.05, 4.69) is 35.1 Å².